The Morgan fingerprint density at radius 2 is 1.86 bits per heavy atom. The zero-order chi connectivity index (χ0) is 16.3. The highest BCUT2D eigenvalue weighted by Gasteiger charge is 2.30. The van der Waals surface area contributed by atoms with E-state index in [0.717, 1.165) is 25.2 Å². The average molecular weight is 333 g/mol. The summed E-state index contributed by atoms with van der Waals surface area (Å²) in [6.45, 7) is 2.78. The number of halogens is 4. The van der Waals surface area contributed by atoms with E-state index in [9.17, 15) is 18.0 Å². The third-order valence-electron chi connectivity index (χ3n) is 3.54. The van der Waals surface area contributed by atoms with Gasteiger partial charge in [0.05, 0.1) is 5.56 Å². The van der Waals surface area contributed by atoms with Crippen LogP contribution in [0, 0.1) is 0 Å². The molecule has 0 N–H and O–H groups in total. The molecule has 0 spiro atoms. The molecule has 7 heteroatoms. The Morgan fingerprint density at radius 1 is 1.23 bits per heavy atom. The zero-order valence-electron chi connectivity index (χ0n) is 12.0. The molecule has 3 nitrogen and oxygen atoms in total. The Morgan fingerprint density at radius 3 is 2.45 bits per heavy atom. The van der Waals surface area contributed by atoms with Crippen molar-refractivity contribution >= 4 is 23.6 Å². The molecule has 0 saturated carbocycles. The average Bonchev–Trinajstić information content (AvgIpc) is 2.45. The molecule has 1 aromatic rings. The molecule has 1 heterocycles. The van der Waals surface area contributed by atoms with Crippen molar-refractivity contribution in [1.29, 1.82) is 0 Å². The molecule has 1 aromatic carbocycles. The van der Waals surface area contributed by atoms with Crippen molar-refractivity contribution in [2.45, 2.75) is 6.18 Å². The van der Waals surface area contributed by atoms with E-state index < -0.39 is 11.7 Å². The topological polar surface area (TPSA) is 23.6 Å². The summed E-state index contributed by atoms with van der Waals surface area (Å²) in [4.78, 5) is 15.8. The van der Waals surface area contributed by atoms with Crippen LogP contribution in [-0.2, 0) is 11.0 Å². The Kier molecular flexibility index (Phi) is 5.13. The third-order valence-corrected chi connectivity index (χ3v) is 3.89. The number of alkyl halides is 3. The first-order valence-corrected chi connectivity index (χ1v) is 7.17. The molecule has 0 atom stereocenters. The summed E-state index contributed by atoms with van der Waals surface area (Å²) in [6.07, 6.45) is -1.83. The quantitative estimate of drug-likeness (QED) is 0.777. The van der Waals surface area contributed by atoms with Gasteiger partial charge in [-0.15, -0.1) is 0 Å². The summed E-state index contributed by atoms with van der Waals surface area (Å²) >= 11 is 5.88. The van der Waals surface area contributed by atoms with Crippen molar-refractivity contribution < 1.29 is 18.0 Å². The van der Waals surface area contributed by atoms with Gasteiger partial charge in [-0.3, -0.25) is 4.79 Å². The highest BCUT2D eigenvalue weighted by atomic mass is 35.5. The van der Waals surface area contributed by atoms with Gasteiger partial charge in [-0.05, 0) is 36.9 Å². The lowest BCUT2D eigenvalue weighted by Crippen LogP contribution is -2.46. The molecule has 1 fully saturated rings. The maximum atomic E-state index is 12.7. The number of amides is 1. The summed E-state index contributed by atoms with van der Waals surface area (Å²) in [5.41, 5.74) is -0.609. The molecule has 120 valence electrons. The van der Waals surface area contributed by atoms with E-state index in [2.05, 4.69) is 4.90 Å². The van der Waals surface area contributed by atoms with Crippen molar-refractivity contribution in [2.75, 3.05) is 33.2 Å². The van der Waals surface area contributed by atoms with Crippen molar-refractivity contribution in [3.63, 3.8) is 0 Å². The Balaban J connectivity index is 2.11. The van der Waals surface area contributed by atoms with Gasteiger partial charge >= 0.3 is 6.18 Å². The predicted molar refractivity (Wildman–Crippen MR) is 79.6 cm³/mol. The molecule has 0 aromatic heterocycles. The minimum Gasteiger partial charge on any atom is -0.337 e. The highest BCUT2D eigenvalue weighted by Crippen LogP contribution is 2.32. The van der Waals surface area contributed by atoms with Gasteiger partial charge in [0.2, 0.25) is 5.91 Å². The maximum absolute atomic E-state index is 12.7. The number of nitrogens with zero attached hydrogens (tertiary/aromatic N) is 2. The second-order valence-electron chi connectivity index (χ2n) is 5.20. The van der Waals surface area contributed by atoms with Gasteiger partial charge in [-0.25, -0.2) is 0 Å². The van der Waals surface area contributed by atoms with Crippen LogP contribution in [0.2, 0.25) is 5.02 Å². The Bertz CT molecular complexity index is 579. The number of hydrogen-bond acceptors (Lipinski definition) is 2. The summed E-state index contributed by atoms with van der Waals surface area (Å²) in [7, 11) is 1.97. The van der Waals surface area contributed by atoms with E-state index in [4.69, 9.17) is 11.6 Å². The normalized spacial score (nSPS) is 17.2. The molecule has 22 heavy (non-hydrogen) atoms. The van der Waals surface area contributed by atoms with Gasteiger partial charge in [-0.1, -0.05) is 11.6 Å². The van der Waals surface area contributed by atoms with Crippen molar-refractivity contribution in [2.24, 2.45) is 0 Å². The van der Waals surface area contributed by atoms with Gasteiger partial charge in [0, 0.05) is 37.3 Å². The lowest BCUT2D eigenvalue weighted by Gasteiger charge is -2.31. The Hall–Kier alpha value is -1.53. The van der Waals surface area contributed by atoms with Gasteiger partial charge in [0.1, 0.15) is 0 Å². The van der Waals surface area contributed by atoms with Crippen LogP contribution in [0.3, 0.4) is 0 Å². The second kappa shape index (κ2) is 6.71. The van der Waals surface area contributed by atoms with Gasteiger partial charge < -0.3 is 9.80 Å². The van der Waals surface area contributed by atoms with Crippen molar-refractivity contribution in [3.8, 4) is 0 Å². The summed E-state index contributed by atoms with van der Waals surface area (Å²) in [5.74, 6) is -0.221. The number of rotatable bonds is 2. The lowest BCUT2D eigenvalue weighted by molar-refractivity contribution is -0.137. The molecule has 1 aliphatic rings. The van der Waals surface area contributed by atoms with E-state index in [1.807, 2.05) is 7.05 Å². The molecule has 0 unspecified atom stereocenters. The summed E-state index contributed by atoms with van der Waals surface area (Å²) in [5, 5.41) is 0.176. The molecular weight excluding hydrogens is 317 g/mol. The number of carbonyl (C=O) groups is 1. The van der Waals surface area contributed by atoms with Crippen LogP contribution in [0.15, 0.2) is 24.3 Å². The number of hydrogen-bond donors (Lipinski definition) is 0. The van der Waals surface area contributed by atoms with Crippen LogP contribution in [-0.4, -0.2) is 48.9 Å². The van der Waals surface area contributed by atoms with Crippen LogP contribution in [0.4, 0.5) is 13.2 Å². The monoisotopic (exact) mass is 332 g/mol. The Labute approximate surface area is 132 Å². The fraction of sp³-hybridized carbons (Fsp3) is 0.400. The van der Waals surface area contributed by atoms with E-state index in [0.29, 0.717) is 13.1 Å². The van der Waals surface area contributed by atoms with E-state index in [1.54, 1.807) is 4.90 Å². The number of benzene rings is 1. The minimum atomic E-state index is -4.44. The first-order chi connectivity index (χ1) is 10.3. The van der Waals surface area contributed by atoms with Gasteiger partial charge in [0.25, 0.3) is 0 Å². The molecular formula is C15H16ClF3N2O. The summed E-state index contributed by atoms with van der Waals surface area (Å²) < 4.78 is 38.0. The van der Waals surface area contributed by atoms with E-state index >= 15 is 0 Å². The van der Waals surface area contributed by atoms with Crippen molar-refractivity contribution in [3.05, 3.63) is 40.4 Å². The van der Waals surface area contributed by atoms with Crippen LogP contribution in [0.1, 0.15) is 11.1 Å². The minimum absolute atomic E-state index is 0.176. The van der Waals surface area contributed by atoms with Crippen LogP contribution in [0.25, 0.3) is 6.08 Å². The lowest BCUT2D eigenvalue weighted by atomic mass is 10.1. The predicted octanol–water partition coefficient (Wildman–Crippen LogP) is 3.15. The standard InChI is InChI=1S/C15H16ClF3N2O/c1-20-6-8-21(9-7-20)14(22)5-2-11-10-12(15(17,18)19)3-4-13(11)16/h2-5,10H,6-9H2,1H3/b5-2+. The summed E-state index contributed by atoms with van der Waals surface area (Å²) in [6, 6.07) is 3.04. The van der Waals surface area contributed by atoms with E-state index in [1.165, 1.54) is 18.2 Å². The van der Waals surface area contributed by atoms with Gasteiger partial charge in [0.15, 0.2) is 0 Å². The smallest absolute Gasteiger partial charge is 0.337 e. The fourth-order valence-electron chi connectivity index (χ4n) is 2.14. The largest absolute Gasteiger partial charge is 0.416 e. The molecule has 0 aliphatic carbocycles. The molecule has 0 bridgehead atoms. The van der Waals surface area contributed by atoms with Crippen molar-refractivity contribution in [1.82, 2.24) is 9.80 Å². The SMILES string of the molecule is CN1CCN(C(=O)/C=C/c2cc(C(F)(F)F)ccc2Cl)CC1. The van der Waals surface area contributed by atoms with Crippen LogP contribution >= 0.6 is 11.6 Å². The third kappa shape index (κ3) is 4.24. The fourth-order valence-corrected chi connectivity index (χ4v) is 2.32. The van der Waals surface area contributed by atoms with E-state index in [-0.39, 0.29) is 16.5 Å². The first kappa shape index (κ1) is 16.8. The number of carbonyl (C=O) groups excluding carboxylic acids is 1. The zero-order valence-corrected chi connectivity index (χ0v) is 12.8. The number of piperazine rings is 1. The molecule has 2 rings (SSSR count). The molecule has 1 saturated heterocycles. The van der Waals surface area contributed by atoms with Crippen LogP contribution in [0.5, 0.6) is 0 Å². The first-order valence-electron chi connectivity index (χ1n) is 6.79. The maximum Gasteiger partial charge on any atom is 0.416 e. The van der Waals surface area contributed by atoms with Gasteiger partial charge in [-0.2, -0.15) is 13.2 Å². The number of likely N-dealkylation sites (N-methyl/N-ethyl adjacent to an activating group) is 1. The highest BCUT2D eigenvalue weighted by molar-refractivity contribution is 6.32. The molecule has 1 aliphatic heterocycles. The second-order valence-corrected chi connectivity index (χ2v) is 5.60. The molecule has 0 radical (unpaired) electrons. The van der Waals surface area contributed by atoms with Crippen LogP contribution < -0.4 is 0 Å². The molecule has 1 amide bonds.